The minimum absolute atomic E-state index is 0.205. The predicted octanol–water partition coefficient (Wildman–Crippen LogP) is 2.98. The molecule has 3 rings (SSSR count). The number of ether oxygens (including phenoxy) is 1. The highest BCUT2D eigenvalue weighted by Gasteiger charge is 2.26. The summed E-state index contributed by atoms with van der Waals surface area (Å²) in [4.78, 5) is 19.5. The number of aromatic nitrogens is 1. The topological polar surface area (TPSA) is 68.5 Å². The van der Waals surface area contributed by atoms with Crippen molar-refractivity contribution in [3.63, 3.8) is 0 Å². The summed E-state index contributed by atoms with van der Waals surface area (Å²) in [5, 5.41) is 0. The summed E-state index contributed by atoms with van der Waals surface area (Å²) in [5.41, 5.74) is 7.58. The molecule has 0 aliphatic carbocycles. The zero-order valence-electron chi connectivity index (χ0n) is 15.8. The van der Waals surface area contributed by atoms with E-state index in [1.807, 2.05) is 42.6 Å². The van der Waals surface area contributed by atoms with Gasteiger partial charge < -0.3 is 15.4 Å². The van der Waals surface area contributed by atoms with Gasteiger partial charge in [0, 0.05) is 31.0 Å². The molecule has 0 radical (unpaired) electrons. The van der Waals surface area contributed by atoms with E-state index in [4.69, 9.17) is 10.5 Å². The molecule has 1 amide bonds. The molecule has 1 saturated heterocycles. The van der Waals surface area contributed by atoms with Crippen molar-refractivity contribution in [1.82, 2.24) is 9.88 Å². The number of rotatable bonds is 8. The van der Waals surface area contributed by atoms with E-state index in [9.17, 15) is 4.79 Å². The van der Waals surface area contributed by atoms with Gasteiger partial charge in [0.25, 0.3) is 0 Å². The molecule has 1 fully saturated rings. The Labute approximate surface area is 161 Å². The van der Waals surface area contributed by atoms with Crippen LogP contribution in [-0.4, -0.2) is 41.5 Å². The van der Waals surface area contributed by atoms with Gasteiger partial charge in [0.05, 0.1) is 6.42 Å². The molecule has 1 aliphatic heterocycles. The average molecular weight is 367 g/mol. The number of piperidine rings is 1. The van der Waals surface area contributed by atoms with Crippen LogP contribution in [-0.2, 0) is 17.6 Å². The van der Waals surface area contributed by atoms with E-state index in [0.29, 0.717) is 25.6 Å². The maximum absolute atomic E-state index is 13.0. The van der Waals surface area contributed by atoms with Crippen LogP contribution in [0.1, 0.15) is 36.9 Å². The molecule has 144 valence electrons. The molecule has 1 aliphatic rings. The van der Waals surface area contributed by atoms with Gasteiger partial charge in [0.2, 0.25) is 5.91 Å². The van der Waals surface area contributed by atoms with Crippen LogP contribution in [0.3, 0.4) is 0 Å². The van der Waals surface area contributed by atoms with Crippen LogP contribution in [0.25, 0.3) is 0 Å². The average Bonchev–Trinajstić information content (AvgIpc) is 2.72. The van der Waals surface area contributed by atoms with Gasteiger partial charge in [0.1, 0.15) is 12.4 Å². The lowest BCUT2D eigenvalue weighted by Crippen LogP contribution is -2.44. The molecule has 5 nitrogen and oxygen atoms in total. The number of likely N-dealkylation sites (tertiary alicyclic amines) is 1. The van der Waals surface area contributed by atoms with Gasteiger partial charge in [-0.3, -0.25) is 9.78 Å². The number of nitrogens with zero attached hydrogens (tertiary/aromatic N) is 2. The lowest BCUT2D eigenvalue weighted by Gasteiger charge is -2.36. The largest absolute Gasteiger partial charge is 0.492 e. The highest BCUT2D eigenvalue weighted by molar-refractivity contribution is 5.79. The standard InChI is InChI=1S/C22H29N3O2/c23-12-15-27-21-9-5-6-18(16-21)17-22(26)25-14-4-2-8-20(25)11-10-19-7-1-3-13-24-19/h1,3,5-7,9,13,16,20H,2,4,8,10-12,14-15,17,23H2/t20-/m0/s1. The molecule has 0 unspecified atom stereocenters. The fourth-order valence-electron chi connectivity index (χ4n) is 3.69. The molecule has 0 saturated carbocycles. The van der Waals surface area contributed by atoms with E-state index in [0.717, 1.165) is 49.2 Å². The summed E-state index contributed by atoms with van der Waals surface area (Å²) < 4.78 is 5.57. The fraction of sp³-hybridized carbons (Fsp3) is 0.455. The van der Waals surface area contributed by atoms with Gasteiger partial charge in [-0.15, -0.1) is 0 Å². The van der Waals surface area contributed by atoms with Crippen LogP contribution in [0.4, 0.5) is 0 Å². The second-order valence-electron chi connectivity index (χ2n) is 7.06. The molecule has 5 heteroatoms. The number of carbonyl (C=O) groups is 1. The van der Waals surface area contributed by atoms with E-state index in [-0.39, 0.29) is 5.91 Å². The quantitative estimate of drug-likeness (QED) is 0.779. The Morgan fingerprint density at radius 2 is 2.15 bits per heavy atom. The summed E-state index contributed by atoms with van der Waals surface area (Å²) in [7, 11) is 0. The number of benzene rings is 1. The SMILES string of the molecule is NCCOc1cccc(CC(=O)N2CCCC[C@H]2CCc2ccccn2)c1. The Hall–Kier alpha value is -2.40. The van der Waals surface area contributed by atoms with Crippen LogP contribution >= 0.6 is 0 Å². The number of nitrogens with two attached hydrogens (primary N) is 1. The number of hydrogen-bond acceptors (Lipinski definition) is 4. The summed E-state index contributed by atoms with van der Waals surface area (Å²) in [6, 6.07) is 14.1. The van der Waals surface area contributed by atoms with E-state index >= 15 is 0 Å². The molecule has 0 bridgehead atoms. The predicted molar refractivity (Wildman–Crippen MR) is 107 cm³/mol. The molecule has 2 heterocycles. The maximum atomic E-state index is 13.0. The van der Waals surface area contributed by atoms with Gasteiger partial charge >= 0.3 is 0 Å². The zero-order valence-corrected chi connectivity index (χ0v) is 15.8. The molecule has 1 aromatic carbocycles. The van der Waals surface area contributed by atoms with Crippen LogP contribution in [0.5, 0.6) is 5.75 Å². The van der Waals surface area contributed by atoms with Gasteiger partial charge in [-0.1, -0.05) is 18.2 Å². The van der Waals surface area contributed by atoms with Crippen molar-refractivity contribution in [2.24, 2.45) is 5.73 Å². The molecular weight excluding hydrogens is 338 g/mol. The molecular formula is C22H29N3O2. The third-order valence-electron chi connectivity index (χ3n) is 5.05. The zero-order chi connectivity index (χ0) is 18.9. The number of aryl methyl sites for hydroxylation is 1. The summed E-state index contributed by atoms with van der Waals surface area (Å²) in [5.74, 6) is 0.979. The molecule has 2 aromatic rings. The van der Waals surface area contributed by atoms with Crippen molar-refractivity contribution in [3.05, 3.63) is 59.9 Å². The molecule has 1 aromatic heterocycles. The van der Waals surface area contributed by atoms with Crippen LogP contribution in [0.2, 0.25) is 0 Å². The van der Waals surface area contributed by atoms with Crippen molar-refractivity contribution in [2.45, 2.75) is 44.6 Å². The summed E-state index contributed by atoms with van der Waals surface area (Å²) in [6.07, 6.45) is 7.50. The fourth-order valence-corrected chi connectivity index (χ4v) is 3.69. The highest BCUT2D eigenvalue weighted by atomic mass is 16.5. The Morgan fingerprint density at radius 1 is 1.22 bits per heavy atom. The second-order valence-corrected chi connectivity index (χ2v) is 7.06. The molecule has 0 spiro atoms. The molecule has 27 heavy (non-hydrogen) atoms. The van der Waals surface area contributed by atoms with E-state index in [1.54, 1.807) is 0 Å². The minimum Gasteiger partial charge on any atom is -0.492 e. The smallest absolute Gasteiger partial charge is 0.227 e. The Balaban J connectivity index is 1.59. The minimum atomic E-state index is 0.205. The van der Waals surface area contributed by atoms with Crippen molar-refractivity contribution in [2.75, 3.05) is 19.7 Å². The first-order valence-electron chi connectivity index (χ1n) is 9.87. The Bertz CT molecular complexity index is 721. The highest BCUT2D eigenvalue weighted by Crippen LogP contribution is 2.23. The van der Waals surface area contributed by atoms with Crippen molar-refractivity contribution < 1.29 is 9.53 Å². The van der Waals surface area contributed by atoms with E-state index in [2.05, 4.69) is 16.0 Å². The summed E-state index contributed by atoms with van der Waals surface area (Å²) >= 11 is 0. The number of pyridine rings is 1. The Morgan fingerprint density at radius 3 is 2.96 bits per heavy atom. The normalized spacial score (nSPS) is 16.9. The first-order chi connectivity index (χ1) is 13.3. The van der Waals surface area contributed by atoms with Gasteiger partial charge in [-0.05, 0) is 61.9 Å². The van der Waals surface area contributed by atoms with Gasteiger partial charge in [-0.2, -0.15) is 0 Å². The lowest BCUT2D eigenvalue weighted by molar-refractivity contribution is -0.134. The second kappa shape index (κ2) is 10.1. The van der Waals surface area contributed by atoms with Gasteiger partial charge in [-0.25, -0.2) is 0 Å². The van der Waals surface area contributed by atoms with Crippen molar-refractivity contribution in [1.29, 1.82) is 0 Å². The van der Waals surface area contributed by atoms with E-state index < -0.39 is 0 Å². The van der Waals surface area contributed by atoms with Crippen molar-refractivity contribution >= 4 is 5.91 Å². The monoisotopic (exact) mass is 367 g/mol. The first-order valence-corrected chi connectivity index (χ1v) is 9.87. The molecule has 2 N–H and O–H groups in total. The third-order valence-corrected chi connectivity index (χ3v) is 5.05. The van der Waals surface area contributed by atoms with Gasteiger partial charge in [0.15, 0.2) is 0 Å². The van der Waals surface area contributed by atoms with Crippen LogP contribution in [0.15, 0.2) is 48.7 Å². The van der Waals surface area contributed by atoms with E-state index in [1.165, 1.54) is 6.42 Å². The summed E-state index contributed by atoms with van der Waals surface area (Å²) in [6.45, 7) is 1.82. The first kappa shape index (κ1) is 19.4. The number of carbonyl (C=O) groups excluding carboxylic acids is 1. The molecule has 1 atom stereocenters. The third kappa shape index (κ3) is 5.79. The van der Waals surface area contributed by atoms with Crippen LogP contribution < -0.4 is 10.5 Å². The number of hydrogen-bond donors (Lipinski definition) is 1. The van der Waals surface area contributed by atoms with Crippen LogP contribution in [0, 0.1) is 0 Å². The maximum Gasteiger partial charge on any atom is 0.227 e. The Kier molecular flexibility index (Phi) is 7.22. The lowest BCUT2D eigenvalue weighted by atomic mass is 9.96. The number of amides is 1. The van der Waals surface area contributed by atoms with Crippen molar-refractivity contribution in [3.8, 4) is 5.75 Å².